The van der Waals surface area contributed by atoms with Crippen molar-refractivity contribution in [1.29, 1.82) is 0 Å². The molecular formula is C15H23NO3. The van der Waals surface area contributed by atoms with E-state index >= 15 is 0 Å². The van der Waals surface area contributed by atoms with E-state index in [1.165, 1.54) is 4.90 Å². The lowest BCUT2D eigenvalue weighted by Gasteiger charge is -2.31. The van der Waals surface area contributed by atoms with Gasteiger partial charge in [-0.2, -0.15) is 0 Å². The van der Waals surface area contributed by atoms with Crippen molar-refractivity contribution in [1.82, 2.24) is 4.90 Å². The lowest BCUT2D eigenvalue weighted by molar-refractivity contribution is -0.140. The van der Waals surface area contributed by atoms with E-state index in [0.717, 1.165) is 5.56 Å². The number of aliphatic hydroxyl groups is 2. The maximum absolute atomic E-state index is 12.1. The van der Waals surface area contributed by atoms with Gasteiger partial charge in [-0.05, 0) is 19.4 Å². The molecule has 0 aliphatic carbocycles. The number of hydrogen-bond acceptors (Lipinski definition) is 3. The van der Waals surface area contributed by atoms with Gasteiger partial charge in [-0.25, -0.2) is 0 Å². The number of likely N-dealkylation sites (N-methyl/N-ethyl adjacent to an activating group) is 1. The van der Waals surface area contributed by atoms with E-state index in [4.69, 9.17) is 0 Å². The first-order chi connectivity index (χ1) is 8.86. The van der Waals surface area contributed by atoms with Crippen molar-refractivity contribution in [2.45, 2.75) is 39.0 Å². The summed E-state index contributed by atoms with van der Waals surface area (Å²) in [7, 11) is 1.65. The molecular weight excluding hydrogens is 242 g/mol. The fourth-order valence-corrected chi connectivity index (χ4v) is 1.87. The fourth-order valence-electron chi connectivity index (χ4n) is 1.87. The van der Waals surface area contributed by atoms with E-state index in [0.29, 0.717) is 0 Å². The van der Waals surface area contributed by atoms with Crippen LogP contribution in [0, 0.1) is 5.92 Å². The second-order valence-electron chi connectivity index (χ2n) is 5.07. The maximum Gasteiger partial charge on any atom is 0.228 e. The number of carbonyl (C=O) groups is 1. The van der Waals surface area contributed by atoms with Crippen molar-refractivity contribution in [3.8, 4) is 0 Å². The molecule has 0 heterocycles. The zero-order valence-corrected chi connectivity index (χ0v) is 11.9. The molecule has 0 saturated heterocycles. The third-order valence-electron chi connectivity index (χ3n) is 3.67. The van der Waals surface area contributed by atoms with Gasteiger partial charge in [0.15, 0.2) is 0 Å². The second kappa shape index (κ2) is 6.68. The van der Waals surface area contributed by atoms with Crippen molar-refractivity contribution in [2.75, 3.05) is 7.05 Å². The minimum absolute atomic E-state index is 0.169. The number of carbonyl (C=O) groups excluding carboxylic acids is 1. The van der Waals surface area contributed by atoms with Crippen LogP contribution in [0.1, 0.15) is 32.4 Å². The Bertz CT molecular complexity index is 405. The summed E-state index contributed by atoms with van der Waals surface area (Å²) in [5.74, 6) is -0.645. The van der Waals surface area contributed by atoms with E-state index in [1.807, 2.05) is 30.3 Å². The highest BCUT2D eigenvalue weighted by Crippen LogP contribution is 2.21. The molecule has 4 atom stereocenters. The molecule has 19 heavy (non-hydrogen) atoms. The molecule has 0 radical (unpaired) electrons. The average molecular weight is 265 g/mol. The summed E-state index contributed by atoms with van der Waals surface area (Å²) in [6, 6.07) is 8.90. The second-order valence-corrected chi connectivity index (χ2v) is 5.07. The summed E-state index contributed by atoms with van der Waals surface area (Å²) in [6.45, 7) is 5.07. The zero-order valence-electron chi connectivity index (χ0n) is 11.9. The van der Waals surface area contributed by atoms with Gasteiger partial charge in [0.25, 0.3) is 0 Å². The first-order valence-electron chi connectivity index (χ1n) is 6.54. The van der Waals surface area contributed by atoms with E-state index in [-0.39, 0.29) is 11.9 Å². The predicted octanol–water partition coefficient (Wildman–Crippen LogP) is 1.58. The van der Waals surface area contributed by atoms with Gasteiger partial charge in [-0.15, -0.1) is 0 Å². The highest BCUT2D eigenvalue weighted by molar-refractivity contribution is 5.79. The Morgan fingerprint density at radius 1 is 1.11 bits per heavy atom. The van der Waals surface area contributed by atoms with Gasteiger partial charge in [-0.3, -0.25) is 4.79 Å². The van der Waals surface area contributed by atoms with Crippen LogP contribution in [0.15, 0.2) is 30.3 Å². The molecule has 0 bridgehead atoms. The number of benzene rings is 1. The molecule has 1 aromatic rings. The summed E-state index contributed by atoms with van der Waals surface area (Å²) in [5.41, 5.74) is 0.777. The van der Waals surface area contributed by atoms with E-state index < -0.39 is 18.1 Å². The van der Waals surface area contributed by atoms with Crippen LogP contribution in [-0.2, 0) is 4.79 Å². The summed E-state index contributed by atoms with van der Waals surface area (Å²) < 4.78 is 0. The number of nitrogens with zero attached hydrogens (tertiary/aromatic N) is 1. The highest BCUT2D eigenvalue weighted by Gasteiger charge is 2.28. The van der Waals surface area contributed by atoms with Crippen LogP contribution in [0.5, 0.6) is 0 Å². The number of aliphatic hydroxyl groups excluding tert-OH is 2. The van der Waals surface area contributed by atoms with Crippen molar-refractivity contribution >= 4 is 5.91 Å². The van der Waals surface area contributed by atoms with Gasteiger partial charge in [0.2, 0.25) is 5.91 Å². The van der Waals surface area contributed by atoms with Crippen molar-refractivity contribution < 1.29 is 15.0 Å². The molecule has 0 saturated carbocycles. The Kier molecular flexibility index (Phi) is 5.51. The third-order valence-corrected chi connectivity index (χ3v) is 3.67. The summed E-state index contributed by atoms with van der Waals surface area (Å²) in [6.07, 6.45) is -1.44. The maximum atomic E-state index is 12.1. The Hall–Kier alpha value is -1.39. The van der Waals surface area contributed by atoms with E-state index in [2.05, 4.69) is 0 Å². The van der Waals surface area contributed by atoms with E-state index in [1.54, 1.807) is 27.8 Å². The number of hydrogen-bond donors (Lipinski definition) is 2. The summed E-state index contributed by atoms with van der Waals surface area (Å²) in [5, 5.41) is 19.7. The largest absolute Gasteiger partial charge is 0.393 e. The quantitative estimate of drug-likeness (QED) is 0.850. The van der Waals surface area contributed by atoms with Crippen LogP contribution in [-0.4, -0.2) is 40.2 Å². The molecule has 1 amide bonds. The van der Waals surface area contributed by atoms with Crippen molar-refractivity contribution in [3.05, 3.63) is 35.9 Å². The molecule has 0 unspecified atom stereocenters. The fraction of sp³-hybridized carbons (Fsp3) is 0.533. The van der Waals surface area contributed by atoms with Gasteiger partial charge in [-0.1, -0.05) is 37.3 Å². The monoisotopic (exact) mass is 265 g/mol. The van der Waals surface area contributed by atoms with Crippen LogP contribution in [0.2, 0.25) is 0 Å². The van der Waals surface area contributed by atoms with Crippen LogP contribution >= 0.6 is 0 Å². The Labute approximate surface area is 114 Å². The zero-order chi connectivity index (χ0) is 14.6. The van der Waals surface area contributed by atoms with Crippen molar-refractivity contribution in [3.63, 3.8) is 0 Å². The van der Waals surface area contributed by atoms with Gasteiger partial charge >= 0.3 is 0 Å². The SMILES string of the molecule is C[C@@H](O)[C@@H](C)C(=O)N(C)[C@@H](C)[C@@H](O)c1ccccc1. The predicted molar refractivity (Wildman–Crippen MR) is 74.5 cm³/mol. The first kappa shape index (κ1) is 15.7. The Morgan fingerprint density at radius 3 is 2.11 bits per heavy atom. The first-order valence-corrected chi connectivity index (χ1v) is 6.54. The molecule has 0 spiro atoms. The average Bonchev–Trinajstić information content (AvgIpc) is 2.44. The molecule has 2 N–H and O–H groups in total. The van der Waals surface area contributed by atoms with Crippen molar-refractivity contribution in [2.24, 2.45) is 5.92 Å². The van der Waals surface area contributed by atoms with Crippen LogP contribution < -0.4 is 0 Å². The number of rotatable bonds is 5. The normalized spacial score (nSPS) is 17.4. The van der Waals surface area contributed by atoms with Gasteiger partial charge in [0, 0.05) is 7.05 Å². The lowest BCUT2D eigenvalue weighted by Crippen LogP contribution is -2.43. The Balaban J connectivity index is 2.77. The van der Waals surface area contributed by atoms with Gasteiger partial charge in [0.1, 0.15) is 0 Å². The molecule has 4 nitrogen and oxygen atoms in total. The Morgan fingerprint density at radius 2 is 1.63 bits per heavy atom. The van der Waals surface area contributed by atoms with E-state index in [9.17, 15) is 15.0 Å². The van der Waals surface area contributed by atoms with Gasteiger partial charge in [0.05, 0.1) is 24.2 Å². The van der Waals surface area contributed by atoms with Crippen LogP contribution in [0.25, 0.3) is 0 Å². The molecule has 0 aliphatic rings. The molecule has 0 aliphatic heterocycles. The smallest absolute Gasteiger partial charge is 0.228 e. The highest BCUT2D eigenvalue weighted by atomic mass is 16.3. The summed E-state index contributed by atoms with van der Waals surface area (Å²) >= 11 is 0. The third kappa shape index (κ3) is 3.78. The minimum atomic E-state index is -0.739. The molecule has 0 aromatic heterocycles. The summed E-state index contributed by atoms with van der Waals surface area (Å²) in [4.78, 5) is 13.6. The molecule has 1 aromatic carbocycles. The van der Waals surface area contributed by atoms with Crippen LogP contribution in [0.4, 0.5) is 0 Å². The molecule has 0 fully saturated rings. The topological polar surface area (TPSA) is 60.8 Å². The molecule has 1 rings (SSSR count). The van der Waals surface area contributed by atoms with Gasteiger partial charge < -0.3 is 15.1 Å². The van der Waals surface area contributed by atoms with Crippen LogP contribution in [0.3, 0.4) is 0 Å². The standard InChI is InChI=1S/C15H23NO3/c1-10(12(3)17)15(19)16(4)11(2)14(18)13-8-6-5-7-9-13/h5-12,14,17-18H,1-4H3/t10-,11+,12-,14-/m1/s1. The number of amides is 1. The lowest BCUT2D eigenvalue weighted by atomic mass is 9.99. The molecule has 106 valence electrons. The molecule has 4 heteroatoms. The minimum Gasteiger partial charge on any atom is -0.393 e.